The molecule has 0 aliphatic heterocycles. The number of aliphatic hydroxyl groups excluding tert-OH is 1. The predicted molar refractivity (Wildman–Crippen MR) is 74.5 cm³/mol. The van der Waals surface area contributed by atoms with Gasteiger partial charge in [0, 0.05) is 6.04 Å². The molecule has 0 aliphatic rings. The highest BCUT2D eigenvalue weighted by Gasteiger charge is 2.25. The van der Waals surface area contributed by atoms with Gasteiger partial charge in [0.05, 0.1) is 18.7 Å². The van der Waals surface area contributed by atoms with Crippen LogP contribution in [0.4, 0.5) is 0 Å². The molecular weight excluding hydrogens is 313 g/mol. The highest BCUT2D eigenvalue weighted by molar-refractivity contribution is 7.89. The van der Waals surface area contributed by atoms with Gasteiger partial charge in [-0.1, -0.05) is 30.1 Å². The van der Waals surface area contributed by atoms with Gasteiger partial charge in [-0.15, -0.1) is 0 Å². The van der Waals surface area contributed by atoms with Crippen molar-refractivity contribution in [1.82, 2.24) is 4.72 Å². The minimum atomic E-state index is -3.84. The van der Waals surface area contributed by atoms with E-state index in [9.17, 15) is 8.42 Å². The first-order chi connectivity index (χ1) is 8.87. The molecule has 8 heteroatoms. The third-order valence-electron chi connectivity index (χ3n) is 2.54. The topological polar surface area (TPSA) is 75.6 Å². The van der Waals surface area contributed by atoms with Gasteiger partial charge in [0.25, 0.3) is 0 Å². The summed E-state index contributed by atoms with van der Waals surface area (Å²) in [5.74, 6) is -0.0190. The van der Waals surface area contributed by atoms with Crippen molar-refractivity contribution in [2.75, 3.05) is 13.7 Å². The van der Waals surface area contributed by atoms with Crippen LogP contribution in [0.15, 0.2) is 17.0 Å². The normalized spacial score (nSPS) is 13.3. The van der Waals surface area contributed by atoms with Crippen molar-refractivity contribution in [2.24, 2.45) is 0 Å². The van der Waals surface area contributed by atoms with Gasteiger partial charge in [-0.3, -0.25) is 0 Å². The Morgan fingerprint density at radius 1 is 1.42 bits per heavy atom. The van der Waals surface area contributed by atoms with Crippen LogP contribution in [0.25, 0.3) is 0 Å². The van der Waals surface area contributed by atoms with Crippen molar-refractivity contribution >= 4 is 33.2 Å². The number of nitrogens with one attached hydrogen (secondary N) is 1. The van der Waals surface area contributed by atoms with E-state index in [1.807, 2.05) is 0 Å². The zero-order chi connectivity index (χ0) is 14.6. The molecule has 0 bridgehead atoms. The van der Waals surface area contributed by atoms with Crippen molar-refractivity contribution in [1.29, 1.82) is 0 Å². The second-order valence-electron chi connectivity index (χ2n) is 3.80. The van der Waals surface area contributed by atoms with E-state index in [0.29, 0.717) is 6.42 Å². The summed E-state index contributed by atoms with van der Waals surface area (Å²) in [5.41, 5.74) is 0. The summed E-state index contributed by atoms with van der Waals surface area (Å²) in [7, 11) is -2.54. The molecule has 0 spiro atoms. The lowest BCUT2D eigenvalue weighted by Crippen LogP contribution is -2.37. The Hall–Kier alpha value is -0.530. The van der Waals surface area contributed by atoms with Crippen molar-refractivity contribution in [3.8, 4) is 5.75 Å². The number of halogens is 2. The summed E-state index contributed by atoms with van der Waals surface area (Å²) in [5, 5.41) is 9.29. The molecule has 0 amide bonds. The first-order valence-corrected chi connectivity index (χ1v) is 7.76. The Balaban J connectivity index is 3.25. The maximum Gasteiger partial charge on any atom is 0.244 e. The average Bonchev–Trinajstić information content (AvgIpc) is 2.38. The summed E-state index contributed by atoms with van der Waals surface area (Å²) in [6, 6.07) is 2.12. The molecule has 0 saturated carbocycles. The standard InChI is InChI=1S/C11H15Cl2NO4S/c1-3-7(6-15)14-19(16,17)9-5-4-8(12)10(13)11(9)18-2/h4-5,7,14-15H,3,6H2,1-2H3/t7-/m0/s1. The van der Waals surface area contributed by atoms with Crippen LogP contribution in [0.2, 0.25) is 10.0 Å². The molecule has 19 heavy (non-hydrogen) atoms. The Bertz CT molecular complexity index is 544. The Kier molecular flexibility index (Phi) is 5.88. The molecule has 108 valence electrons. The van der Waals surface area contributed by atoms with Crippen LogP contribution in [0, 0.1) is 0 Å². The van der Waals surface area contributed by atoms with Crippen molar-refractivity contribution < 1.29 is 18.3 Å². The molecule has 1 aromatic rings. The van der Waals surface area contributed by atoms with E-state index < -0.39 is 16.1 Å². The maximum absolute atomic E-state index is 12.2. The molecule has 0 saturated heterocycles. The monoisotopic (exact) mass is 327 g/mol. The van der Waals surface area contributed by atoms with Crippen LogP contribution in [-0.4, -0.2) is 33.3 Å². The van der Waals surface area contributed by atoms with E-state index in [4.69, 9.17) is 33.0 Å². The van der Waals surface area contributed by atoms with Gasteiger partial charge < -0.3 is 9.84 Å². The number of ether oxygens (including phenoxy) is 1. The SMILES string of the molecule is CC[C@@H](CO)NS(=O)(=O)c1ccc(Cl)c(Cl)c1OC. The summed E-state index contributed by atoms with van der Waals surface area (Å²) >= 11 is 11.7. The number of hydrogen-bond acceptors (Lipinski definition) is 4. The zero-order valence-corrected chi connectivity index (χ0v) is 12.8. The van der Waals surface area contributed by atoms with E-state index in [2.05, 4.69) is 4.72 Å². The van der Waals surface area contributed by atoms with Crippen LogP contribution in [0.3, 0.4) is 0 Å². The van der Waals surface area contributed by atoms with E-state index in [1.165, 1.54) is 19.2 Å². The van der Waals surface area contributed by atoms with Gasteiger partial charge in [0.1, 0.15) is 9.92 Å². The molecule has 1 aromatic carbocycles. The highest BCUT2D eigenvalue weighted by Crippen LogP contribution is 2.37. The molecular formula is C11H15Cl2NO4S. The van der Waals surface area contributed by atoms with Gasteiger partial charge >= 0.3 is 0 Å². The van der Waals surface area contributed by atoms with Gasteiger partial charge in [0.2, 0.25) is 10.0 Å². The average molecular weight is 328 g/mol. The van der Waals surface area contributed by atoms with E-state index >= 15 is 0 Å². The molecule has 2 N–H and O–H groups in total. The molecule has 0 aliphatic carbocycles. The fourth-order valence-corrected chi connectivity index (χ4v) is 3.38. The zero-order valence-electron chi connectivity index (χ0n) is 10.5. The minimum absolute atomic E-state index is 0.0190. The molecule has 0 heterocycles. The van der Waals surface area contributed by atoms with Crippen LogP contribution in [0.5, 0.6) is 5.75 Å². The second kappa shape index (κ2) is 6.76. The largest absolute Gasteiger partial charge is 0.494 e. The first kappa shape index (κ1) is 16.5. The van der Waals surface area contributed by atoms with Gasteiger partial charge in [-0.05, 0) is 18.6 Å². The second-order valence-corrected chi connectivity index (χ2v) is 6.27. The van der Waals surface area contributed by atoms with Crippen LogP contribution in [-0.2, 0) is 10.0 Å². The number of methoxy groups -OCH3 is 1. The molecule has 1 rings (SSSR count). The highest BCUT2D eigenvalue weighted by atomic mass is 35.5. The maximum atomic E-state index is 12.2. The van der Waals surface area contributed by atoms with Gasteiger partial charge in [0.15, 0.2) is 5.75 Å². The summed E-state index contributed by atoms with van der Waals surface area (Å²) in [6.07, 6.45) is 0.458. The smallest absolute Gasteiger partial charge is 0.244 e. The molecule has 1 atom stereocenters. The lowest BCUT2D eigenvalue weighted by molar-refractivity contribution is 0.253. The van der Waals surface area contributed by atoms with Crippen LogP contribution in [0.1, 0.15) is 13.3 Å². The van der Waals surface area contributed by atoms with Crippen molar-refractivity contribution in [2.45, 2.75) is 24.3 Å². The number of benzene rings is 1. The predicted octanol–water partition coefficient (Wildman–Crippen LogP) is 2.05. The third kappa shape index (κ3) is 3.73. The number of rotatable bonds is 6. The van der Waals surface area contributed by atoms with Crippen LogP contribution < -0.4 is 9.46 Å². The van der Waals surface area contributed by atoms with E-state index in [-0.39, 0.29) is 27.3 Å². The Labute approximate surface area is 122 Å². The quantitative estimate of drug-likeness (QED) is 0.838. The molecule has 0 fully saturated rings. The fraction of sp³-hybridized carbons (Fsp3) is 0.455. The lowest BCUT2D eigenvalue weighted by atomic mass is 10.3. The summed E-state index contributed by atoms with van der Waals surface area (Å²) < 4.78 is 31.8. The number of sulfonamides is 1. The minimum Gasteiger partial charge on any atom is -0.494 e. The lowest BCUT2D eigenvalue weighted by Gasteiger charge is -2.17. The van der Waals surface area contributed by atoms with Crippen molar-refractivity contribution in [3.63, 3.8) is 0 Å². The first-order valence-electron chi connectivity index (χ1n) is 5.52. The van der Waals surface area contributed by atoms with Gasteiger partial charge in [-0.25, -0.2) is 13.1 Å². The van der Waals surface area contributed by atoms with E-state index in [1.54, 1.807) is 6.92 Å². The third-order valence-corrected chi connectivity index (χ3v) is 4.87. The number of hydrogen-bond donors (Lipinski definition) is 2. The van der Waals surface area contributed by atoms with Crippen molar-refractivity contribution in [3.05, 3.63) is 22.2 Å². The fourth-order valence-electron chi connectivity index (χ4n) is 1.45. The molecule has 5 nitrogen and oxygen atoms in total. The van der Waals surface area contributed by atoms with Gasteiger partial charge in [-0.2, -0.15) is 0 Å². The Morgan fingerprint density at radius 3 is 2.53 bits per heavy atom. The Morgan fingerprint density at radius 2 is 2.05 bits per heavy atom. The van der Waals surface area contributed by atoms with Crippen LogP contribution >= 0.6 is 23.2 Å². The number of aliphatic hydroxyl groups is 1. The molecule has 0 unspecified atom stereocenters. The summed E-state index contributed by atoms with van der Waals surface area (Å²) in [6.45, 7) is 1.47. The molecule has 0 radical (unpaired) electrons. The van der Waals surface area contributed by atoms with E-state index in [0.717, 1.165) is 0 Å². The summed E-state index contributed by atoms with van der Waals surface area (Å²) in [4.78, 5) is -0.115. The molecule has 0 aromatic heterocycles.